The molecule has 25 heavy (non-hydrogen) atoms. The number of carbonyl (C=O) groups is 1. The number of aliphatic imine (C=N–C) groups is 1. The Morgan fingerprint density at radius 2 is 1.84 bits per heavy atom. The molecule has 2 rings (SSSR count). The molecule has 0 bridgehead atoms. The zero-order chi connectivity index (χ0) is 17.9. The third kappa shape index (κ3) is 7.11. The molecule has 5 nitrogen and oxygen atoms in total. The van der Waals surface area contributed by atoms with Gasteiger partial charge in [-0.1, -0.05) is 37.5 Å². The molecule has 0 aromatic heterocycles. The summed E-state index contributed by atoms with van der Waals surface area (Å²) < 4.78 is 13.6. The van der Waals surface area contributed by atoms with Crippen molar-refractivity contribution in [3.8, 4) is 0 Å². The zero-order valence-electron chi connectivity index (χ0n) is 15.0. The molecule has 1 aliphatic carbocycles. The van der Waals surface area contributed by atoms with Gasteiger partial charge in [-0.2, -0.15) is 0 Å². The third-order valence-corrected chi connectivity index (χ3v) is 4.57. The van der Waals surface area contributed by atoms with Crippen molar-refractivity contribution in [1.29, 1.82) is 0 Å². The number of nitrogens with one attached hydrogen (secondary N) is 3. The Labute approximate surface area is 149 Å². The van der Waals surface area contributed by atoms with Crippen molar-refractivity contribution in [1.82, 2.24) is 16.0 Å². The van der Waals surface area contributed by atoms with Gasteiger partial charge < -0.3 is 16.0 Å². The highest BCUT2D eigenvalue weighted by atomic mass is 19.1. The second-order valence-corrected chi connectivity index (χ2v) is 6.50. The van der Waals surface area contributed by atoms with Crippen molar-refractivity contribution in [2.75, 3.05) is 20.1 Å². The molecule has 1 fully saturated rings. The molecule has 1 aliphatic rings. The Kier molecular flexibility index (Phi) is 8.22. The lowest BCUT2D eigenvalue weighted by molar-refractivity contribution is -0.122. The molecule has 138 valence electrons. The molecule has 0 heterocycles. The Balaban J connectivity index is 1.60. The van der Waals surface area contributed by atoms with E-state index in [1.165, 1.54) is 38.2 Å². The molecule has 0 radical (unpaired) electrons. The molecule has 0 saturated heterocycles. The average Bonchev–Trinajstić information content (AvgIpc) is 2.63. The first kappa shape index (κ1) is 19.2. The first-order valence-corrected chi connectivity index (χ1v) is 9.13. The number of carbonyl (C=O) groups excluding carboxylic acids is 1. The molecule has 1 saturated carbocycles. The minimum atomic E-state index is -0.236. The average molecular weight is 348 g/mol. The summed E-state index contributed by atoms with van der Waals surface area (Å²) in [7, 11) is 1.67. The summed E-state index contributed by atoms with van der Waals surface area (Å²) in [6, 6.07) is 6.65. The van der Waals surface area contributed by atoms with Crippen LogP contribution in [-0.2, 0) is 11.3 Å². The molecular formula is C19H29FN4O. The molecule has 1 amide bonds. The van der Waals surface area contributed by atoms with E-state index in [2.05, 4.69) is 20.9 Å². The normalized spacial score (nSPS) is 15.7. The second kappa shape index (κ2) is 10.7. The Morgan fingerprint density at radius 1 is 1.12 bits per heavy atom. The number of amides is 1. The highest BCUT2D eigenvalue weighted by molar-refractivity contribution is 5.80. The molecule has 0 atom stereocenters. The van der Waals surface area contributed by atoms with Crippen molar-refractivity contribution < 1.29 is 9.18 Å². The fourth-order valence-electron chi connectivity index (χ4n) is 3.15. The van der Waals surface area contributed by atoms with Gasteiger partial charge in [0, 0.05) is 38.7 Å². The van der Waals surface area contributed by atoms with Gasteiger partial charge in [-0.05, 0) is 24.8 Å². The van der Waals surface area contributed by atoms with Crippen molar-refractivity contribution in [2.45, 2.75) is 45.1 Å². The first-order chi connectivity index (χ1) is 12.2. The molecule has 0 unspecified atom stereocenters. The van der Waals surface area contributed by atoms with E-state index < -0.39 is 0 Å². The van der Waals surface area contributed by atoms with Gasteiger partial charge in [0.1, 0.15) is 5.82 Å². The predicted octanol–water partition coefficient (Wildman–Crippen LogP) is 2.58. The van der Waals surface area contributed by atoms with Crippen LogP contribution in [0, 0.1) is 11.7 Å². The van der Waals surface area contributed by atoms with Crippen molar-refractivity contribution in [3.05, 3.63) is 35.6 Å². The smallest absolute Gasteiger partial charge is 0.220 e. The maximum absolute atomic E-state index is 13.6. The molecule has 3 N–H and O–H groups in total. The second-order valence-electron chi connectivity index (χ2n) is 6.50. The lowest BCUT2D eigenvalue weighted by Gasteiger charge is -2.20. The van der Waals surface area contributed by atoms with Crippen LogP contribution >= 0.6 is 0 Å². The summed E-state index contributed by atoms with van der Waals surface area (Å²) in [4.78, 5) is 16.0. The fraction of sp³-hybridized carbons (Fsp3) is 0.579. The summed E-state index contributed by atoms with van der Waals surface area (Å²) in [5.41, 5.74) is 0.589. The standard InChI is InChI=1S/C19H29FN4O/c1-21-19(24-14-16-9-5-6-10-17(16)20)23-12-11-22-18(25)13-15-7-3-2-4-8-15/h5-6,9-10,15H,2-4,7-8,11-14H2,1H3,(H,22,25)(H2,21,23,24). The summed E-state index contributed by atoms with van der Waals surface area (Å²) in [5, 5.41) is 9.13. The molecule has 1 aromatic carbocycles. The molecule has 1 aromatic rings. The van der Waals surface area contributed by atoms with Crippen LogP contribution in [0.25, 0.3) is 0 Å². The van der Waals surface area contributed by atoms with E-state index in [-0.39, 0.29) is 11.7 Å². The van der Waals surface area contributed by atoms with E-state index in [0.29, 0.717) is 43.5 Å². The SMILES string of the molecule is CN=C(NCCNC(=O)CC1CCCCC1)NCc1ccccc1F. The van der Waals surface area contributed by atoms with Gasteiger partial charge in [0.15, 0.2) is 5.96 Å². The van der Waals surface area contributed by atoms with Crippen LogP contribution in [0.5, 0.6) is 0 Å². The molecule has 0 aliphatic heterocycles. The number of rotatable bonds is 7. The minimum absolute atomic E-state index is 0.128. The van der Waals surface area contributed by atoms with Gasteiger partial charge in [-0.15, -0.1) is 0 Å². The van der Waals surface area contributed by atoms with E-state index in [4.69, 9.17) is 0 Å². The number of benzene rings is 1. The van der Waals surface area contributed by atoms with Gasteiger partial charge in [0.25, 0.3) is 0 Å². The van der Waals surface area contributed by atoms with Crippen LogP contribution < -0.4 is 16.0 Å². The largest absolute Gasteiger partial charge is 0.355 e. The maximum atomic E-state index is 13.6. The Bertz CT molecular complexity index is 570. The summed E-state index contributed by atoms with van der Waals surface area (Å²) in [6.07, 6.45) is 6.81. The van der Waals surface area contributed by atoms with Gasteiger partial charge in [-0.25, -0.2) is 4.39 Å². The predicted molar refractivity (Wildman–Crippen MR) is 98.8 cm³/mol. The van der Waals surface area contributed by atoms with E-state index >= 15 is 0 Å². The quantitative estimate of drug-likeness (QED) is 0.403. The van der Waals surface area contributed by atoms with Crippen LogP contribution in [0.4, 0.5) is 4.39 Å². The molecule has 6 heteroatoms. The van der Waals surface area contributed by atoms with Gasteiger partial charge in [-0.3, -0.25) is 9.79 Å². The lowest BCUT2D eigenvalue weighted by Crippen LogP contribution is -2.41. The van der Waals surface area contributed by atoms with Crippen molar-refractivity contribution in [2.24, 2.45) is 10.9 Å². The summed E-state index contributed by atoms with van der Waals surface area (Å²) >= 11 is 0. The van der Waals surface area contributed by atoms with E-state index in [1.807, 2.05) is 0 Å². The monoisotopic (exact) mass is 348 g/mol. The topological polar surface area (TPSA) is 65.5 Å². The van der Waals surface area contributed by atoms with Gasteiger partial charge >= 0.3 is 0 Å². The number of guanidine groups is 1. The maximum Gasteiger partial charge on any atom is 0.220 e. The van der Waals surface area contributed by atoms with Crippen molar-refractivity contribution >= 4 is 11.9 Å². The van der Waals surface area contributed by atoms with Crippen LogP contribution in [0.1, 0.15) is 44.1 Å². The van der Waals surface area contributed by atoms with E-state index in [1.54, 1.807) is 25.2 Å². The van der Waals surface area contributed by atoms with E-state index in [0.717, 1.165) is 0 Å². The summed E-state index contributed by atoms with van der Waals surface area (Å²) in [6.45, 7) is 1.49. The number of hydrogen-bond acceptors (Lipinski definition) is 2. The first-order valence-electron chi connectivity index (χ1n) is 9.13. The lowest BCUT2D eigenvalue weighted by atomic mass is 9.87. The molecule has 0 spiro atoms. The summed E-state index contributed by atoms with van der Waals surface area (Å²) in [5.74, 6) is 1.03. The van der Waals surface area contributed by atoms with Crippen LogP contribution in [0.2, 0.25) is 0 Å². The highest BCUT2D eigenvalue weighted by Gasteiger charge is 2.16. The van der Waals surface area contributed by atoms with Crippen LogP contribution in [0.3, 0.4) is 0 Å². The van der Waals surface area contributed by atoms with Gasteiger partial charge in [0.05, 0.1) is 0 Å². The Morgan fingerprint density at radius 3 is 2.56 bits per heavy atom. The third-order valence-electron chi connectivity index (χ3n) is 4.57. The minimum Gasteiger partial charge on any atom is -0.355 e. The van der Waals surface area contributed by atoms with Gasteiger partial charge in [0.2, 0.25) is 5.91 Å². The van der Waals surface area contributed by atoms with E-state index in [9.17, 15) is 9.18 Å². The number of halogens is 1. The number of nitrogens with zero attached hydrogens (tertiary/aromatic N) is 1. The Hall–Kier alpha value is -2.11. The zero-order valence-corrected chi connectivity index (χ0v) is 15.0. The van der Waals surface area contributed by atoms with Crippen LogP contribution in [-0.4, -0.2) is 32.0 Å². The molecular weight excluding hydrogens is 319 g/mol. The fourth-order valence-corrected chi connectivity index (χ4v) is 3.15. The van der Waals surface area contributed by atoms with Crippen molar-refractivity contribution in [3.63, 3.8) is 0 Å². The number of hydrogen-bond donors (Lipinski definition) is 3. The van der Waals surface area contributed by atoms with Crippen LogP contribution in [0.15, 0.2) is 29.3 Å². The highest BCUT2D eigenvalue weighted by Crippen LogP contribution is 2.25.